The lowest BCUT2D eigenvalue weighted by atomic mass is 10.1. The van der Waals surface area contributed by atoms with Crippen molar-refractivity contribution in [2.75, 3.05) is 18.5 Å². The number of hydrogen-bond acceptors (Lipinski definition) is 3. The number of carbonyl (C=O) groups excluding carboxylic acids is 1. The van der Waals surface area contributed by atoms with Crippen LogP contribution in [0.3, 0.4) is 0 Å². The number of unbranched alkanes of at least 4 members (excludes halogenated alkanes) is 2. The van der Waals surface area contributed by atoms with Crippen molar-refractivity contribution in [3.63, 3.8) is 0 Å². The van der Waals surface area contributed by atoms with Crippen molar-refractivity contribution in [2.24, 2.45) is 0 Å². The van der Waals surface area contributed by atoms with E-state index in [1.165, 1.54) is 18.4 Å². The van der Waals surface area contributed by atoms with Gasteiger partial charge in [0.15, 0.2) is 0 Å². The van der Waals surface area contributed by atoms with Crippen LogP contribution in [0.5, 0.6) is 0 Å². The first kappa shape index (κ1) is 21.6. The molecule has 0 bridgehead atoms. The average molecular weight is 369 g/mol. The van der Waals surface area contributed by atoms with Crippen LogP contribution in [0.1, 0.15) is 58.9 Å². The molecule has 142 valence electrons. The van der Waals surface area contributed by atoms with Crippen molar-refractivity contribution in [3.8, 4) is 0 Å². The number of benzene rings is 1. The largest absolute Gasteiger partial charge is 0.449 e. The molecule has 0 saturated carbocycles. The summed E-state index contributed by atoms with van der Waals surface area (Å²) >= 11 is 0. The van der Waals surface area contributed by atoms with Crippen molar-refractivity contribution in [1.29, 1.82) is 0 Å². The van der Waals surface area contributed by atoms with E-state index in [1.807, 2.05) is 45.0 Å². The van der Waals surface area contributed by atoms with E-state index in [4.69, 9.17) is 4.74 Å². The Bertz CT molecular complexity index is 539. The highest BCUT2D eigenvalue weighted by Crippen LogP contribution is 2.12. The van der Waals surface area contributed by atoms with Gasteiger partial charge in [-0.25, -0.2) is 13.7 Å². The van der Waals surface area contributed by atoms with Gasteiger partial charge in [0.25, 0.3) is 0 Å². The molecule has 6 heteroatoms. The van der Waals surface area contributed by atoms with Crippen LogP contribution in [-0.2, 0) is 22.1 Å². The Morgan fingerprint density at radius 1 is 1.12 bits per heavy atom. The van der Waals surface area contributed by atoms with Crippen molar-refractivity contribution in [3.05, 3.63) is 29.8 Å². The third-order valence-electron chi connectivity index (χ3n) is 3.61. The number of nitrogens with one attached hydrogen (secondary N) is 2. The van der Waals surface area contributed by atoms with E-state index in [2.05, 4.69) is 17.0 Å². The number of aryl methyl sites for hydroxylation is 1. The summed E-state index contributed by atoms with van der Waals surface area (Å²) in [6.07, 6.45) is 4.52. The van der Waals surface area contributed by atoms with E-state index in [0.29, 0.717) is 13.2 Å². The number of hydrogen-bond donors (Lipinski definition) is 2. The predicted molar refractivity (Wildman–Crippen MR) is 105 cm³/mol. The molecule has 0 radical (unpaired) electrons. The SMILES string of the molecule is CCCCc1ccc(NC(=O)OCCCCNS(=O)C(C)(C)C)cc1. The Morgan fingerprint density at radius 2 is 1.80 bits per heavy atom. The molecule has 1 aromatic rings. The van der Waals surface area contributed by atoms with Gasteiger partial charge in [-0.3, -0.25) is 5.32 Å². The van der Waals surface area contributed by atoms with Gasteiger partial charge >= 0.3 is 6.09 Å². The smallest absolute Gasteiger partial charge is 0.411 e. The summed E-state index contributed by atoms with van der Waals surface area (Å²) < 4.78 is 19.7. The first-order valence-corrected chi connectivity index (χ1v) is 10.2. The zero-order valence-electron chi connectivity index (χ0n) is 15.9. The highest BCUT2D eigenvalue weighted by molar-refractivity contribution is 7.84. The number of rotatable bonds is 10. The molecule has 1 aromatic carbocycles. The Hall–Kier alpha value is -1.40. The molecule has 25 heavy (non-hydrogen) atoms. The molecule has 1 amide bonds. The minimum absolute atomic E-state index is 0.261. The molecule has 1 atom stereocenters. The van der Waals surface area contributed by atoms with Gasteiger partial charge in [0, 0.05) is 12.2 Å². The second kappa shape index (κ2) is 11.3. The van der Waals surface area contributed by atoms with Gasteiger partial charge in [-0.15, -0.1) is 0 Å². The normalized spacial score (nSPS) is 12.6. The Kier molecular flexibility index (Phi) is 9.75. The summed E-state index contributed by atoms with van der Waals surface area (Å²) in [5, 5.41) is 2.73. The van der Waals surface area contributed by atoms with Crippen LogP contribution in [0, 0.1) is 0 Å². The maximum absolute atomic E-state index is 11.8. The second-order valence-electron chi connectivity index (χ2n) is 7.04. The average Bonchev–Trinajstić information content (AvgIpc) is 2.56. The van der Waals surface area contributed by atoms with Gasteiger partial charge in [0.2, 0.25) is 0 Å². The highest BCUT2D eigenvalue weighted by Gasteiger charge is 2.18. The fourth-order valence-corrected chi connectivity index (χ4v) is 2.83. The van der Waals surface area contributed by atoms with Crippen LogP contribution in [0.25, 0.3) is 0 Å². The van der Waals surface area contributed by atoms with Crippen molar-refractivity contribution in [2.45, 2.75) is 64.5 Å². The van der Waals surface area contributed by atoms with E-state index in [1.54, 1.807) is 0 Å². The van der Waals surface area contributed by atoms with Gasteiger partial charge in [-0.2, -0.15) is 0 Å². The first-order chi connectivity index (χ1) is 11.8. The fourth-order valence-electron chi connectivity index (χ4n) is 2.06. The van der Waals surface area contributed by atoms with Gasteiger partial charge in [0.1, 0.15) is 0 Å². The quantitative estimate of drug-likeness (QED) is 0.601. The molecular weight excluding hydrogens is 336 g/mol. The van der Waals surface area contributed by atoms with Crippen LogP contribution < -0.4 is 10.0 Å². The summed E-state index contributed by atoms with van der Waals surface area (Å²) in [6, 6.07) is 7.87. The predicted octanol–water partition coefficient (Wildman–Crippen LogP) is 4.41. The summed E-state index contributed by atoms with van der Waals surface area (Å²) in [7, 11) is -1.05. The Labute approximate surface area is 154 Å². The van der Waals surface area contributed by atoms with Gasteiger partial charge < -0.3 is 4.74 Å². The topological polar surface area (TPSA) is 67.4 Å². The van der Waals surface area contributed by atoms with Gasteiger partial charge in [-0.05, 0) is 64.2 Å². The van der Waals surface area contributed by atoms with Crippen molar-refractivity contribution < 1.29 is 13.7 Å². The summed E-state index contributed by atoms with van der Waals surface area (Å²) in [4.78, 5) is 11.7. The summed E-state index contributed by atoms with van der Waals surface area (Å²) in [5.41, 5.74) is 2.02. The molecule has 0 aliphatic rings. The zero-order chi connectivity index (χ0) is 18.7. The molecule has 0 aliphatic heterocycles. The maximum Gasteiger partial charge on any atom is 0.411 e. The molecule has 0 fully saturated rings. The molecule has 5 nitrogen and oxygen atoms in total. The molecule has 1 rings (SSSR count). The minimum atomic E-state index is -1.05. The molecule has 0 spiro atoms. The molecule has 1 unspecified atom stereocenters. The highest BCUT2D eigenvalue weighted by atomic mass is 32.2. The monoisotopic (exact) mass is 368 g/mol. The Morgan fingerprint density at radius 3 is 2.40 bits per heavy atom. The lowest BCUT2D eigenvalue weighted by molar-refractivity contribution is 0.159. The minimum Gasteiger partial charge on any atom is -0.449 e. The van der Waals surface area contributed by atoms with E-state index in [0.717, 1.165) is 24.9 Å². The molecule has 0 aromatic heterocycles. The van der Waals surface area contributed by atoms with E-state index < -0.39 is 17.1 Å². The van der Waals surface area contributed by atoms with E-state index >= 15 is 0 Å². The van der Waals surface area contributed by atoms with E-state index in [-0.39, 0.29) is 4.75 Å². The number of carbonyl (C=O) groups is 1. The molecule has 0 heterocycles. The third-order valence-corrected chi connectivity index (χ3v) is 5.19. The molecular formula is C19H32N2O3S. The standard InChI is InChI=1S/C19H32N2O3S/c1-5-6-9-16-10-12-17(13-11-16)21-18(22)24-15-8-7-14-20-25(23)19(2,3)4/h10-13,20H,5-9,14-15H2,1-4H3,(H,21,22). The van der Waals surface area contributed by atoms with Gasteiger partial charge in [-0.1, -0.05) is 25.5 Å². The fraction of sp³-hybridized carbons (Fsp3) is 0.632. The number of ether oxygens (including phenoxy) is 1. The van der Waals surface area contributed by atoms with Crippen LogP contribution >= 0.6 is 0 Å². The van der Waals surface area contributed by atoms with Crippen LogP contribution in [-0.4, -0.2) is 28.2 Å². The number of amides is 1. The summed E-state index contributed by atoms with van der Waals surface area (Å²) in [6.45, 7) is 8.96. The van der Waals surface area contributed by atoms with Crippen LogP contribution in [0.2, 0.25) is 0 Å². The first-order valence-electron chi connectivity index (χ1n) is 9.01. The molecule has 0 aliphatic carbocycles. The lowest BCUT2D eigenvalue weighted by Crippen LogP contribution is -2.33. The van der Waals surface area contributed by atoms with Crippen molar-refractivity contribution >= 4 is 22.8 Å². The van der Waals surface area contributed by atoms with Crippen LogP contribution in [0.15, 0.2) is 24.3 Å². The third kappa shape index (κ3) is 9.60. The molecule has 2 N–H and O–H groups in total. The van der Waals surface area contributed by atoms with Gasteiger partial charge in [0.05, 0.1) is 22.3 Å². The second-order valence-corrected chi connectivity index (χ2v) is 9.09. The molecule has 0 saturated heterocycles. The van der Waals surface area contributed by atoms with E-state index in [9.17, 15) is 9.00 Å². The van der Waals surface area contributed by atoms with Crippen LogP contribution in [0.4, 0.5) is 10.5 Å². The Balaban J connectivity index is 2.15. The lowest BCUT2D eigenvalue weighted by Gasteiger charge is -2.17. The number of anilines is 1. The maximum atomic E-state index is 11.8. The van der Waals surface area contributed by atoms with Crippen molar-refractivity contribution in [1.82, 2.24) is 4.72 Å². The summed E-state index contributed by atoms with van der Waals surface area (Å²) in [5.74, 6) is 0. The zero-order valence-corrected chi connectivity index (χ0v) is 16.7.